The van der Waals surface area contributed by atoms with Gasteiger partial charge in [-0.1, -0.05) is 6.92 Å². The number of esters is 1. The Bertz CT molecular complexity index is 207. The summed E-state index contributed by atoms with van der Waals surface area (Å²) in [4.78, 5) is 22.0. The lowest BCUT2D eigenvalue weighted by molar-refractivity contribution is -0.139. The van der Waals surface area contributed by atoms with E-state index < -0.39 is 0 Å². The third-order valence-electron chi connectivity index (χ3n) is 2.05. The summed E-state index contributed by atoms with van der Waals surface area (Å²) in [5, 5.41) is 5.66. The van der Waals surface area contributed by atoms with Gasteiger partial charge < -0.3 is 15.4 Å². The average Bonchev–Trinajstić information content (AvgIpc) is 2.23. The Kier molecular flexibility index (Phi) is 7.62. The first kappa shape index (κ1) is 13.9. The summed E-state index contributed by atoms with van der Waals surface area (Å²) in [5.74, 6) is -0.320. The van der Waals surface area contributed by atoms with Gasteiger partial charge in [0, 0.05) is 19.0 Å². The van der Waals surface area contributed by atoms with Crippen LogP contribution in [0.3, 0.4) is 0 Å². The summed E-state index contributed by atoms with van der Waals surface area (Å²) >= 11 is 0. The second-order valence-electron chi connectivity index (χ2n) is 3.38. The van der Waals surface area contributed by atoms with Crippen LogP contribution < -0.4 is 10.6 Å². The van der Waals surface area contributed by atoms with E-state index in [9.17, 15) is 9.59 Å². The number of nitrogens with one attached hydrogen (secondary N) is 2. The number of ether oxygens (including phenoxy) is 1. The number of amides is 1. The van der Waals surface area contributed by atoms with Gasteiger partial charge in [0.1, 0.15) is 0 Å². The predicted octanol–water partition coefficient (Wildman–Crippen LogP) is 0.0538. The Morgan fingerprint density at radius 2 is 2.07 bits per heavy atom. The number of carbonyl (C=O) groups excluding carboxylic acids is 2. The van der Waals surface area contributed by atoms with Gasteiger partial charge in [-0.25, -0.2) is 0 Å². The van der Waals surface area contributed by atoms with Gasteiger partial charge in [0.25, 0.3) is 0 Å². The topological polar surface area (TPSA) is 67.4 Å². The van der Waals surface area contributed by atoms with Crippen molar-refractivity contribution in [1.29, 1.82) is 0 Å². The maximum Gasteiger partial charge on any atom is 0.319 e. The maximum atomic E-state index is 11.3. The molecule has 0 fully saturated rings. The molecule has 1 amide bonds. The van der Waals surface area contributed by atoms with Crippen LogP contribution in [0.25, 0.3) is 0 Å². The second kappa shape index (κ2) is 8.23. The zero-order valence-corrected chi connectivity index (χ0v) is 9.63. The van der Waals surface area contributed by atoms with E-state index in [1.807, 2.05) is 13.8 Å². The standard InChI is InChI=1S/C10H20N2O3/c1-4-8(2)12-9(13)5-6-11-7-10(14)15-3/h8,11H,4-7H2,1-3H3,(H,12,13). The molecule has 0 aliphatic heterocycles. The number of methoxy groups -OCH3 is 1. The lowest BCUT2D eigenvalue weighted by Crippen LogP contribution is -2.35. The summed E-state index contributed by atoms with van der Waals surface area (Å²) in [6.45, 7) is 4.60. The molecule has 1 atom stereocenters. The smallest absolute Gasteiger partial charge is 0.319 e. The Morgan fingerprint density at radius 3 is 2.60 bits per heavy atom. The van der Waals surface area contributed by atoms with E-state index in [-0.39, 0.29) is 24.5 Å². The van der Waals surface area contributed by atoms with Crippen molar-refractivity contribution in [2.24, 2.45) is 0 Å². The molecule has 0 spiro atoms. The fourth-order valence-electron chi connectivity index (χ4n) is 0.914. The molecule has 2 N–H and O–H groups in total. The molecule has 0 aliphatic rings. The third kappa shape index (κ3) is 7.93. The van der Waals surface area contributed by atoms with Crippen LogP contribution in [0.4, 0.5) is 0 Å². The molecule has 15 heavy (non-hydrogen) atoms. The molecule has 0 saturated heterocycles. The molecule has 0 rings (SSSR count). The van der Waals surface area contributed by atoms with E-state index in [4.69, 9.17) is 0 Å². The minimum absolute atomic E-state index is 0.00159. The molecule has 0 aliphatic carbocycles. The van der Waals surface area contributed by atoms with Crippen molar-refractivity contribution < 1.29 is 14.3 Å². The zero-order valence-electron chi connectivity index (χ0n) is 9.63. The van der Waals surface area contributed by atoms with Gasteiger partial charge in [0.05, 0.1) is 13.7 Å². The van der Waals surface area contributed by atoms with Crippen molar-refractivity contribution in [3.63, 3.8) is 0 Å². The van der Waals surface area contributed by atoms with Crippen LogP contribution in [-0.4, -0.2) is 38.1 Å². The molecule has 0 bridgehead atoms. The van der Waals surface area contributed by atoms with E-state index >= 15 is 0 Å². The van der Waals surface area contributed by atoms with Gasteiger partial charge in [-0.15, -0.1) is 0 Å². The molecule has 1 unspecified atom stereocenters. The molecular weight excluding hydrogens is 196 g/mol. The number of hydrogen-bond acceptors (Lipinski definition) is 4. The van der Waals surface area contributed by atoms with E-state index in [1.54, 1.807) is 0 Å². The van der Waals surface area contributed by atoms with Gasteiger partial charge in [-0.2, -0.15) is 0 Å². The quantitative estimate of drug-likeness (QED) is 0.466. The molecule has 0 aromatic heterocycles. The molecule has 5 heteroatoms. The first-order valence-corrected chi connectivity index (χ1v) is 5.17. The summed E-state index contributed by atoms with van der Waals surface area (Å²) in [5.41, 5.74) is 0. The Balaban J connectivity index is 3.43. The van der Waals surface area contributed by atoms with E-state index in [0.29, 0.717) is 13.0 Å². The van der Waals surface area contributed by atoms with Crippen LogP contribution in [0.2, 0.25) is 0 Å². The molecule has 0 aromatic rings. The lowest BCUT2D eigenvalue weighted by atomic mass is 10.2. The van der Waals surface area contributed by atoms with E-state index in [2.05, 4.69) is 15.4 Å². The Labute approximate surface area is 90.6 Å². The van der Waals surface area contributed by atoms with Crippen molar-refractivity contribution in [3.05, 3.63) is 0 Å². The molecule has 88 valence electrons. The highest BCUT2D eigenvalue weighted by molar-refractivity contribution is 5.76. The summed E-state index contributed by atoms with van der Waals surface area (Å²) in [6, 6.07) is 0.207. The highest BCUT2D eigenvalue weighted by atomic mass is 16.5. The monoisotopic (exact) mass is 216 g/mol. The maximum absolute atomic E-state index is 11.3. The molecule has 5 nitrogen and oxygen atoms in total. The first-order valence-electron chi connectivity index (χ1n) is 5.17. The van der Waals surface area contributed by atoms with Gasteiger partial charge in [-0.05, 0) is 13.3 Å². The van der Waals surface area contributed by atoms with Crippen LogP contribution in [0.15, 0.2) is 0 Å². The summed E-state index contributed by atoms with van der Waals surface area (Å²) in [6.07, 6.45) is 1.29. The molecule has 0 saturated carbocycles. The van der Waals surface area contributed by atoms with Crippen molar-refractivity contribution in [2.45, 2.75) is 32.7 Å². The minimum Gasteiger partial charge on any atom is -0.468 e. The summed E-state index contributed by atoms with van der Waals surface area (Å²) in [7, 11) is 1.33. The Morgan fingerprint density at radius 1 is 1.40 bits per heavy atom. The third-order valence-corrected chi connectivity index (χ3v) is 2.05. The van der Waals surface area contributed by atoms with Gasteiger partial charge in [0.2, 0.25) is 5.91 Å². The molecule has 0 aromatic carbocycles. The molecular formula is C10H20N2O3. The van der Waals surface area contributed by atoms with E-state index in [1.165, 1.54) is 7.11 Å². The summed E-state index contributed by atoms with van der Waals surface area (Å²) < 4.78 is 4.44. The van der Waals surface area contributed by atoms with E-state index in [0.717, 1.165) is 6.42 Å². The number of hydrogen-bond donors (Lipinski definition) is 2. The Hall–Kier alpha value is -1.10. The molecule has 0 radical (unpaired) electrons. The van der Waals surface area contributed by atoms with Crippen LogP contribution in [0, 0.1) is 0 Å². The van der Waals surface area contributed by atoms with Crippen LogP contribution in [0.5, 0.6) is 0 Å². The van der Waals surface area contributed by atoms with Crippen LogP contribution >= 0.6 is 0 Å². The minimum atomic E-state index is -0.322. The van der Waals surface area contributed by atoms with Crippen molar-refractivity contribution in [1.82, 2.24) is 10.6 Å². The average molecular weight is 216 g/mol. The largest absolute Gasteiger partial charge is 0.468 e. The first-order chi connectivity index (χ1) is 7.10. The fraction of sp³-hybridized carbons (Fsp3) is 0.800. The van der Waals surface area contributed by atoms with Gasteiger partial charge in [-0.3, -0.25) is 9.59 Å². The highest BCUT2D eigenvalue weighted by Gasteiger charge is 2.05. The molecule has 0 heterocycles. The predicted molar refractivity (Wildman–Crippen MR) is 57.4 cm³/mol. The normalized spacial score (nSPS) is 11.9. The number of rotatable bonds is 7. The van der Waals surface area contributed by atoms with Crippen molar-refractivity contribution in [3.8, 4) is 0 Å². The SMILES string of the molecule is CCC(C)NC(=O)CCNCC(=O)OC. The second-order valence-corrected chi connectivity index (χ2v) is 3.38. The fourth-order valence-corrected chi connectivity index (χ4v) is 0.914. The number of carbonyl (C=O) groups is 2. The van der Waals surface area contributed by atoms with Gasteiger partial charge >= 0.3 is 5.97 Å². The van der Waals surface area contributed by atoms with Crippen molar-refractivity contribution >= 4 is 11.9 Å². The van der Waals surface area contributed by atoms with Crippen molar-refractivity contribution in [2.75, 3.05) is 20.2 Å². The zero-order chi connectivity index (χ0) is 11.7. The van der Waals surface area contributed by atoms with Crippen LogP contribution in [0.1, 0.15) is 26.7 Å². The highest BCUT2D eigenvalue weighted by Crippen LogP contribution is 1.88. The van der Waals surface area contributed by atoms with Gasteiger partial charge in [0.15, 0.2) is 0 Å². The lowest BCUT2D eigenvalue weighted by Gasteiger charge is -2.11. The van der Waals surface area contributed by atoms with Crippen LogP contribution in [-0.2, 0) is 14.3 Å².